The second-order valence-corrected chi connectivity index (χ2v) is 5.39. The maximum atomic E-state index is 10.7. The third-order valence-corrected chi connectivity index (χ3v) is 2.79. The quantitative estimate of drug-likeness (QED) is 0.796. The van der Waals surface area contributed by atoms with Gasteiger partial charge in [0.2, 0.25) is 0 Å². The number of benzene rings is 1. The molecule has 94 valence electrons. The van der Waals surface area contributed by atoms with E-state index in [0.29, 0.717) is 6.42 Å². The molecule has 17 heavy (non-hydrogen) atoms. The summed E-state index contributed by atoms with van der Waals surface area (Å²) in [6.45, 7) is 3.90. The van der Waals surface area contributed by atoms with Crippen LogP contribution in [0.2, 0.25) is 0 Å². The van der Waals surface area contributed by atoms with Crippen LogP contribution in [0.5, 0.6) is 0 Å². The van der Waals surface area contributed by atoms with Gasteiger partial charge in [0, 0.05) is 6.04 Å². The molecule has 0 spiro atoms. The molecule has 1 atom stereocenters. The molecule has 0 bridgehead atoms. The molecule has 1 rings (SSSR count). The molecule has 1 unspecified atom stereocenters. The molecule has 0 fully saturated rings. The van der Waals surface area contributed by atoms with E-state index in [-0.39, 0.29) is 17.9 Å². The molecule has 0 radical (unpaired) electrons. The fourth-order valence-electron chi connectivity index (χ4n) is 2.18. The van der Waals surface area contributed by atoms with Gasteiger partial charge in [-0.15, -0.1) is 0 Å². The Bertz CT molecular complexity index is 360. The molecule has 0 aliphatic carbocycles. The van der Waals surface area contributed by atoms with E-state index in [4.69, 9.17) is 10.8 Å². The minimum atomic E-state index is -0.762. The van der Waals surface area contributed by atoms with Crippen LogP contribution < -0.4 is 5.73 Å². The molecule has 0 amide bonds. The molecule has 0 heterocycles. The van der Waals surface area contributed by atoms with Crippen LogP contribution in [0.3, 0.4) is 0 Å². The summed E-state index contributed by atoms with van der Waals surface area (Å²) >= 11 is 0. The summed E-state index contributed by atoms with van der Waals surface area (Å²) in [5.74, 6) is -0.762. The Morgan fingerprint density at radius 1 is 1.35 bits per heavy atom. The number of carboxylic acids is 1. The second-order valence-electron chi connectivity index (χ2n) is 5.39. The first-order valence-corrected chi connectivity index (χ1v) is 5.90. The standard InChI is InChI=1S/C14H21NO2/c1-14(2,10-13(16)17)9-12(15)8-11-6-4-3-5-7-11/h3-7,12H,8-10,15H2,1-2H3,(H,16,17). The summed E-state index contributed by atoms with van der Waals surface area (Å²) in [4.78, 5) is 10.7. The van der Waals surface area contributed by atoms with E-state index in [1.807, 2.05) is 44.2 Å². The lowest BCUT2D eigenvalue weighted by Gasteiger charge is -2.26. The van der Waals surface area contributed by atoms with Crippen molar-refractivity contribution in [3.05, 3.63) is 35.9 Å². The third kappa shape index (κ3) is 5.50. The fraction of sp³-hybridized carbons (Fsp3) is 0.500. The third-order valence-electron chi connectivity index (χ3n) is 2.79. The number of carboxylic acid groups (broad SMARTS) is 1. The average Bonchev–Trinajstić information content (AvgIpc) is 2.15. The predicted molar refractivity (Wildman–Crippen MR) is 68.8 cm³/mol. The lowest BCUT2D eigenvalue weighted by atomic mass is 9.81. The summed E-state index contributed by atoms with van der Waals surface area (Å²) in [6.07, 6.45) is 1.67. The molecule has 1 aromatic carbocycles. The fourth-order valence-corrected chi connectivity index (χ4v) is 2.18. The van der Waals surface area contributed by atoms with Crippen LogP contribution >= 0.6 is 0 Å². The molecule has 0 aliphatic rings. The normalized spacial score (nSPS) is 13.4. The zero-order valence-electron chi connectivity index (χ0n) is 10.5. The van der Waals surface area contributed by atoms with Crippen molar-refractivity contribution in [2.45, 2.75) is 39.2 Å². The van der Waals surface area contributed by atoms with E-state index in [9.17, 15) is 4.79 Å². The van der Waals surface area contributed by atoms with Gasteiger partial charge in [-0.2, -0.15) is 0 Å². The molecule has 3 nitrogen and oxygen atoms in total. The van der Waals surface area contributed by atoms with Gasteiger partial charge < -0.3 is 10.8 Å². The van der Waals surface area contributed by atoms with Gasteiger partial charge in [-0.25, -0.2) is 0 Å². The van der Waals surface area contributed by atoms with Gasteiger partial charge in [0.05, 0.1) is 6.42 Å². The van der Waals surface area contributed by atoms with Crippen molar-refractivity contribution in [1.29, 1.82) is 0 Å². The van der Waals surface area contributed by atoms with Crippen molar-refractivity contribution in [3.8, 4) is 0 Å². The number of carbonyl (C=O) groups is 1. The van der Waals surface area contributed by atoms with Crippen molar-refractivity contribution < 1.29 is 9.90 Å². The molecule has 3 heteroatoms. The van der Waals surface area contributed by atoms with Crippen LogP contribution in [0.25, 0.3) is 0 Å². The van der Waals surface area contributed by atoms with Gasteiger partial charge in [-0.1, -0.05) is 44.2 Å². The zero-order chi connectivity index (χ0) is 12.9. The van der Waals surface area contributed by atoms with Crippen LogP contribution in [0.4, 0.5) is 0 Å². The van der Waals surface area contributed by atoms with Crippen LogP contribution in [0, 0.1) is 5.41 Å². The number of aliphatic carboxylic acids is 1. The summed E-state index contributed by atoms with van der Waals surface area (Å²) in [5.41, 5.74) is 7.02. The van der Waals surface area contributed by atoms with E-state index < -0.39 is 5.97 Å². The Hall–Kier alpha value is -1.35. The van der Waals surface area contributed by atoms with Gasteiger partial charge in [-0.05, 0) is 23.8 Å². The van der Waals surface area contributed by atoms with Crippen molar-refractivity contribution in [2.75, 3.05) is 0 Å². The second kappa shape index (κ2) is 5.82. The number of hydrogen-bond acceptors (Lipinski definition) is 2. The first-order valence-electron chi connectivity index (χ1n) is 5.90. The summed E-state index contributed by atoms with van der Waals surface area (Å²) in [5, 5.41) is 8.81. The lowest BCUT2D eigenvalue weighted by molar-refractivity contribution is -0.139. The highest BCUT2D eigenvalue weighted by atomic mass is 16.4. The molecular formula is C14H21NO2. The smallest absolute Gasteiger partial charge is 0.303 e. The van der Waals surface area contributed by atoms with E-state index in [2.05, 4.69) is 0 Å². The van der Waals surface area contributed by atoms with Gasteiger partial charge in [-0.3, -0.25) is 4.79 Å². The van der Waals surface area contributed by atoms with E-state index >= 15 is 0 Å². The van der Waals surface area contributed by atoms with Crippen molar-refractivity contribution in [3.63, 3.8) is 0 Å². The molecule has 0 aromatic heterocycles. The topological polar surface area (TPSA) is 63.3 Å². The van der Waals surface area contributed by atoms with Gasteiger partial charge in [0.15, 0.2) is 0 Å². The maximum absolute atomic E-state index is 10.7. The number of nitrogens with two attached hydrogens (primary N) is 1. The van der Waals surface area contributed by atoms with E-state index in [0.717, 1.165) is 6.42 Å². The highest BCUT2D eigenvalue weighted by molar-refractivity contribution is 5.67. The summed E-state index contributed by atoms with van der Waals surface area (Å²) in [7, 11) is 0. The Morgan fingerprint density at radius 2 is 1.94 bits per heavy atom. The molecule has 0 aliphatic heterocycles. The molecule has 0 saturated carbocycles. The first-order chi connectivity index (χ1) is 7.89. The molecular weight excluding hydrogens is 214 g/mol. The van der Waals surface area contributed by atoms with Crippen molar-refractivity contribution in [2.24, 2.45) is 11.1 Å². The Morgan fingerprint density at radius 3 is 2.47 bits per heavy atom. The largest absolute Gasteiger partial charge is 0.481 e. The number of hydrogen-bond donors (Lipinski definition) is 2. The van der Waals surface area contributed by atoms with Gasteiger partial charge in [0.25, 0.3) is 0 Å². The van der Waals surface area contributed by atoms with Crippen molar-refractivity contribution >= 4 is 5.97 Å². The van der Waals surface area contributed by atoms with Gasteiger partial charge >= 0.3 is 5.97 Å². The minimum Gasteiger partial charge on any atom is -0.481 e. The van der Waals surface area contributed by atoms with E-state index in [1.54, 1.807) is 0 Å². The molecule has 0 saturated heterocycles. The lowest BCUT2D eigenvalue weighted by Crippen LogP contribution is -2.31. The van der Waals surface area contributed by atoms with E-state index in [1.165, 1.54) is 5.56 Å². The highest BCUT2D eigenvalue weighted by Gasteiger charge is 2.24. The van der Waals surface area contributed by atoms with Crippen LogP contribution in [-0.2, 0) is 11.2 Å². The zero-order valence-corrected chi connectivity index (χ0v) is 10.5. The molecule has 1 aromatic rings. The predicted octanol–water partition coefficient (Wildman–Crippen LogP) is 2.45. The molecule has 3 N–H and O–H groups in total. The Labute approximate surface area is 103 Å². The summed E-state index contributed by atoms with van der Waals surface area (Å²) in [6, 6.07) is 10.1. The monoisotopic (exact) mass is 235 g/mol. The summed E-state index contributed by atoms with van der Waals surface area (Å²) < 4.78 is 0. The van der Waals surface area contributed by atoms with Crippen molar-refractivity contribution in [1.82, 2.24) is 0 Å². The van der Waals surface area contributed by atoms with Gasteiger partial charge in [0.1, 0.15) is 0 Å². The SMILES string of the molecule is CC(C)(CC(=O)O)CC(N)Cc1ccccc1. The van der Waals surface area contributed by atoms with Crippen LogP contribution in [0.1, 0.15) is 32.3 Å². The van der Waals surface area contributed by atoms with Crippen LogP contribution in [-0.4, -0.2) is 17.1 Å². The minimum absolute atomic E-state index is 0.00625. The highest BCUT2D eigenvalue weighted by Crippen LogP contribution is 2.27. The number of rotatable bonds is 6. The first kappa shape index (κ1) is 13.7. The Balaban J connectivity index is 2.49. The Kier molecular flexibility index (Phi) is 4.70. The maximum Gasteiger partial charge on any atom is 0.303 e. The average molecular weight is 235 g/mol. The van der Waals surface area contributed by atoms with Crippen LogP contribution in [0.15, 0.2) is 30.3 Å².